The molecule has 0 heterocycles. The molecule has 2 aromatic rings. The van der Waals surface area contributed by atoms with Gasteiger partial charge in [0.1, 0.15) is 12.3 Å². The lowest BCUT2D eigenvalue weighted by Gasteiger charge is -2.36. The van der Waals surface area contributed by atoms with E-state index in [4.69, 9.17) is 9.47 Å². The van der Waals surface area contributed by atoms with E-state index in [-0.39, 0.29) is 12.0 Å². The summed E-state index contributed by atoms with van der Waals surface area (Å²) < 4.78 is 12.4. The molecule has 0 N–H and O–H groups in total. The summed E-state index contributed by atoms with van der Waals surface area (Å²) in [5.41, 5.74) is 2.54. The molecule has 0 fully saturated rings. The van der Waals surface area contributed by atoms with Gasteiger partial charge in [-0.15, -0.1) is 0 Å². The van der Waals surface area contributed by atoms with Crippen molar-refractivity contribution in [2.75, 3.05) is 27.3 Å². The average molecular weight is 497 g/mol. The van der Waals surface area contributed by atoms with Crippen LogP contribution in [0.3, 0.4) is 0 Å². The molecule has 0 spiro atoms. The first-order valence-corrected chi connectivity index (χ1v) is 14.2. The van der Waals surface area contributed by atoms with Crippen LogP contribution in [0.1, 0.15) is 89.2 Å². The van der Waals surface area contributed by atoms with Crippen molar-refractivity contribution in [2.24, 2.45) is 0 Å². The maximum absolute atomic E-state index is 12.8. The standard InChI is InChI=1S/C32H50NO3/c1-5-7-8-9-10-11-15-22-29-23-16-17-24-31(29)35-25-18-19-26-36-32(34)30(6-2)33(3,4)27-28-20-13-12-14-21-28/h12-14,16-17,20-21,23-24,30H,5-11,15,18-19,22,25-27H2,1-4H3/q+1. The van der Waals surface area contributed by atoms with Crippen LogP contribution in [0, 0.1) is 0 Å². The molecule has 0 radical (unpaired) electrons. The van der Waals surface area contributed by atoms with Gasteiger partial charge in [0, 0.05) is 12.0 Å². The number of unbranched alkanes of at least 4 members (excludes halogenated alkanes) is 7. The lowest BCUT2D eigenvalue weighted by Crippen LogP contribution is -2.52. The summed E-state index contributed by atoms with van der Waals surface area (Å²) in [5, 5.41) is 0. The number of benzene rings is 2. The van der Waals surface area contributed by atoms with Gasteiger partial charge >= 0.3 is 5.97 Å². The zero-order valence-electron chi connectivity index (χ0n) is 23.3. The van der Waals surface area contributed by atoms with Crippen LogP contribution in [0.2, 0.25) is 0 Å². The highest BCUT2D eigenvalue weighted by molar-refractivity contribution is 5.74. The normalized spacial score (nSPS) is 12.3. The van der Waals surface area contributed by atoms with E-state index in [1.165, 1.54) is 56.1 Å². The van der Waals surface area contributed by atoms with Crippen molar-refractivity contribution in [2.45, 2.75) is 97.1 Å². The predicted octanol–water partition coefficient (Wildman–Crippen LogP) is 7.74. The van der Waals surface area contributed by atoms with Crippen LogP contribution in [0.25, 0.3) is 0 Å². The number of carbonyl (C=O) groups is 1. The number of hydrogen-bond donors (Lipinski definition) is 0. The van der Waals surface area contributed by atoms with Gasteiger partial charge in [0.25, 0.3) is 0 Å². The van der Waals surface area contributed by atoms with E-state index in [1.54, 1.807) is 0 Å². The molecule has 0 bridgehead atoms. The second kappa shape index (κ2) is 17.2. The van der Waals surface area contributed by atoms with Gasteiger partial charge < -0.3 is 14.0 Å². The molecular weight excluding hydrogens is 446 g/mol. The van der Waals surface area contributed by atoms with Gasteiger partial charge in [-0.25, -0.2) is 4.79 Å². The molecule has 4 heteroatoms. The predicted molar refractivity (Wildman–Crippen MR) is 150 cm³/mol. The Labute approximate surface area is 220 Å². The van der Waals surface area contributed by atoms with Crippen LogP contribution >= 0.6 is 0 Å². The molecule has 0 aliphatic heterocycles. The summed E-state index contributed by atoms with van der Waals surface area (Å²) >= 11 is 0. The van der Waals surface area contributed by atoms with E-state index in [9.17, 15) is 4.79 Å². The molecule has 36 heavy (non-hydrogen) atoms. The van der Waals surface area contributed by atoms with Crippen LogP contribution in [0.15, 0.2) is 54.6 Å². The zero-order chi connectivity index (χ0) is 26.1. The first-order valence-electron chi connectivity index (χ1n) is 14.2. The van der Waals surface area contributed by atoms with Gasteiger partial charge in [0.05, 0.1) is 27.3 Å². The van der Waals surface area contributed by atoms with Crippen LogP contribution in [-0.4, -0.2) is 43.8 Å². The van der Waals surface area contributed by atoms with E-state index in [2.05, 4.69) is 58.3 Å². The van der Waals surface area contributed by atoms with Crippen molar-refractivity contribution in [3.05, 3.63) is 65.7 Å². The Hall–Kier alpha value is -2.33. The van der Waals surface area contributed by atoms with Crippen LogP contribution in [0.4, 0.5) is 0 Å². The quantitative estimate of drug-likeness (QED) is 0.113. The minimum atomic E-state index is -0.167. The maximum atomic E-state index is 12.8. The number of quaternary nitrogens is 1. The Morgan fingerprint density at radius 3 is 2.14 bits per heavy atom. The number of esters is 1. The molecule has 2 aromatic carbocycles. The molecular formula is C32H50NO3+. The monoisotopic (exact) mass is 496 g/mol. The van der Waals surface area contributed by atoms with E-state index in [0.29, 0.717) is 17.7 Å². The van der Waals surface area contributed by atoms with Crippen molar-refractivity contribution in [3.8, 4) is 5.75 Å². The third-order valence-corrected chi connectivity index (χ3v) is 7.00. The highest BCUT2D eigenvalue weighted by Gasteiger charge is 2.34. The molecule has 1 unspecified atom stereocenters. The molecule has 200 valence electrons. The zero-order valence-corrected chi connectivity index (χ0v) is 23.3. The largest absolute Gasteiger partial charge is 0.493 e. The van der Waals surface area contributed by atoms with Crippen molar-refractivity contribution in [1.29, 1.82) is 0 Å². The van der Waals surface area contributed by atoms with E-state index in [1.807, 2.05) is 24.3 Å². The molecule has 4 nitrogen and oxygen atoms in total. The van der Waals surface area contributed by atoms with Crippen LogP contribution in [-0.2, 0) is 22.5 Å². The van der Waals surface area contributed by atoms with Gasteiger partial charge in [-0.3, -0.25) is 0 Å². The number of carbonyl (C=O) groups excluding carboxylic acids is 1. The fourth-order valence-electron chi connectivity index (χ4n) is 4.89. The van der Waals surface area contributed by atoms with Gasteiger partial charge in [0.15, 0.2) is 6.04 Å². The van der Waals surface area contributed by atoms with Crippen molar-refractivity contribution >= 4 is 5.97 Å². The highest BCUT2D eigenvalue weighted by Crippen LogP contribution is 2.22. The van der Waals surface area contributed by atoms with E-state index < -0.39 is 0 Å². The Morgan fingerprint density at radius 1 is 0.778 bits per heavy atom. The Kier molecular flexibility index (Phi) is 14.3. The third kappa shape index (κ3) is 11.2. The number of likely N-dealkylation sites (N-methyl/N-ethyl adjacent to an activating group) is 1. The highest BCUT2D eigenvalue weighted by atomic mass is 16.5. The molecule has 0 saturated heterocycles. The SMILES string of the molecule is CCCCCCCCCc1ccccc1OCCCCOC(=O)C(CC)[N+](C)(C)Cc1ccccc1. The average Bonchev–Trinajstić information content (AvgIpc) is 2.87. The summed E-state index contributed by atoms with van der Waals surface area (Å²) in [6, 6.07) is 18.6. The number of para-hydroxylation sites is 1. The summed E-state index contributed by atoms with van der Waals surface area (Å²) in [6.45, 7) is 6.23. The number of nitrogens with zero attached hydrogens (tertiary/aromatic N) is 1. The summed E-state index contributed by atoms with van der Waals surface area (Å²) in [6.07, 6.45) is 12.8. The lowest BCUT2D eigenvalue weighted by molar-refractivity contribution is -0.919. The number of aryl methyl sites for hydroxylation is 1. The summed E-state index contributed by atoms with van der Waals surface area (Å²) in [7, 11) is 4.22. The van der Waals surface area contributed by atoms with Crippen LogP contribution < -0.4 is 4.74 Å². The van der Waals surface area contributed by atoms with Gasteiger partial charge in [0.2, 0.25) is 0 Å². The number of hydrogen-bond acceptors (Lipinski definition) is 3. The minimum absolute atomic E-state index is 0.0978. The molecule has 0 aliphatic carbocycles. The smallest absolute Gasteiger partial charge is 0.364 e. The number of ether oxygens (including phenoxy) is 2. The number of rotatable bonds is 19. The maximum Gasteiger partial charge on any atom is 0.364 e. The van der Waals surface area contributed by atoms with Gasteiger partial charge in [-0.1, -0.05) is 101 Å². The molecule has 0 aliphatic rings. The second-order valence-electron chi connectivity index (χ2n) is 10.5. The third-order valence-electron chi connectivity index (χ3n) is 7.00. The molecule has 0 aromatic heterocycles. The van der Waals surface area contributed by atoms with Crippen molar-refractivity contribution in [3.63, 3.8) is 0 Å². The van der Waals surface area contributed by atoms with Crippen molar-refractivity contribution in [1.82, 2.24) is 0 Å². The minimum Gasteiger partial charge on any atom is -0.493 e. The molecule has 0 saturated carbocycles. The Bertz CT molecular complexity index is 849. The molecule has 2 rings (SSSR count). The second-order valence-corrected chi connectivity index (χ2v) is 10.5. The fraction of sp³-hybridized carbons (Fsp3) is 0.594. The topological polar surface area (TPSA) is 35.5 Å². The lowest BCUT2D eigenvalue weighted by atomic mass is 10.0. The summed E-state index contributed by atoms with van der Waals surface area (Å²) in [4.78, 5) is 12.8. The first-order chi connectivity index (χ1) is 17.5. The molecule has 1 atom stereocenters. The first kappa shape index (κ1) is 29.9. The molecule has 0 amide bonds. The van der Waals surface area contributed by atoms with Crippen LogP contribution in [0.5, 0.6) is 5.75 Å². The van der Waals surface area contributed by atoms with Gasteiger partial charge in [-0.2, -0.15) is 0 Å². The Morgan fingerprint density at radius 2 is 1.42 bits per heavy atom. The van der Waals surface area contributed by atoms with E-state index in [0.717, 1.165) is 38.0 Å². The van der Waals surface area contributed by atoms with E-state index >= 15 is 0 Å². The summed E-state index contributed by atoms with van der Waals surface area (Å²) in [5.74, 6) is 0.908. The van der Waals surface area contributed by atoms with Crippen molar-refractivity contribution < 1.29 is 18.8 Å². The van der Waals surface area contributed by atoms with Gasteiger partial charge in [-0.05, 0) is 37.3 Å². The Balaban J connectivity index is 1.66. The fourth-order valence-corrected chi connectivity index (χ4v) is 4.89.